The van der Waals surface area contributed by atoms with Crippen molar-refractivity contribution in [3.8, 4) is 0 Å². The summed E-state index contributed by atoms with van der Waals surface area (Å²) in [4.78, 5) is 11.6. The van der Waals surface area contributed by atoms with Crippen LogP contribution in [0.3, 0.4) is 0 Å². The molecule has 0 fully saturated rings. The van der Waals surface area contributed by atoms with Gasteiger partial charge in [0.05, 0.1) is 18.6 Å². The van der Waals surface area contributed by atoms with Gasteiger partial charge in [0.15, 0.2) is 0 Å². The summed E-state index contributed by atoms with van der Waals surface area (Å²) in [5.74, 6) is 0. The maximum absolute atomic E-state index is 5.96. The lowest BCUT2D eigenvalue weighted by Crippen LogP contribution is -2.45. The van der Waals surface area contributed by atoms with E-state index in [1.54, 1.807) is 0 Å². The first kappa shape index (κ1) is 17.8. The maximum atomic E-state index is 5.96. The highest BCUT2D eigenvalue weighted by Crippen LogP contribution is 1.89. The fourth-order valence-electron chi connectivity index (χ4n) is 1.50. The fraction of sp³-hybridized carbons (Fsp3) is 0.750. The zero-order valence-electron chi connectivity index (χ0n) is 11.6. The molecule has 0 spiro atoms. The summed E-state index contributed by atoms with van der Waals surface area (Å²) in [5.41, 5.74) is 11.5. The van der Waals surface area contributed by atoms with Crippen LogP contribution in [0.2, 0.25) is 0 Å². The number of hydrogen-bond donors (Lipinski definition) is 4. The molecule has 3 unspecified atom stereocenters. The SMILES string of the molecule is C=NCC(CNCC(N)CNCC(CN)N=C)N=C. The minimum absolute atomic E-state index is 0.0189. The molecule has 110 valence electrons. The summed E-state index contributed by atoms with van der Waals surface area (Å²) in [6.45, 7) is 14.3. The molecule has 0 rings (SSSR count). The van der Waals surface area contributed by atoms with Crippen LogP contribution in [0.1, 0.15) is 0 Å². The lowest BCUT2D eigenvalue weighted by Gasteiger charge is -2.17. The third kappa shape index (κ3) is 9.43. The van der Waals surface area contributed by atoms with Gasteiger partial charge in [-0.3, -0.25) is 15.0 Å². The van der Waals surface area contributed by atoms with Gasteiger partial charge < -0.3 is 22.1 Å². The molecule has 0 aromatic carbocycles. The molecule has 0 saturated heterocycles. The summed E-state index contributed by atoms with van der Waals surface area (Å²) in [6.07, 6.45) is 0. The smallest absolute Gasteiger partial charge is 0.0811 e. The minimum atomic E-state index is 0.0189. The van der Waals surface area contributed by atoms with Gasteiger partial charge >= 0.3 is 0 Å². The normalized spacial score (nSPS) is 15.5. The van der Waals surface area contributed by atoms with Gasteiger partial charge in [0, 0.05) is 38.8 Å². The summed E-state index contributed by atoms with van der Waals surface area (Å²) < 4.78 is 0. The summed E-state index contributed by atoms with van der Waals surface area (Å²) in [6, 6.07) is 0.128. The van der Waals surface area contributed by atoms with E-state index < -0.39 is 0 Å². The molecule has 0 radical (unpaired) electrons. The van der Waals surface area contributed by atoms with E-state index in [9.17, 15) is 0 Å². The van der Waals surface area contributed by atoms with Crippen LogP contribution in [0.25, 0.3) is 0 Å². The summed E-state index contributed by atoms with van der Waals surface area (Å²) >= 11 is 0. The summed E-state index contributed by atoms with van der Waals surface area (Å²) in [5, 5.41) is 6.46. The average molecular weight is 269 g/mol. The van der Waals surface area contributed by atoms with Gasteiger partial charge in [-0.05, 0) is 20.2 Å². The maximum Gasteiger partial charge on any atom is 0.0811 e. The lowest BCUT2D eigenvalue weighted by atomic mass is 10.2. The van der Waals surface area contributed by atoms with Crippen molar-refractivity contribution in [1.29, 1.82) is 0 Å². The third-order valence-corrected chi connectivity index (χ3v) is 2.70. The van der Waals surface area contributed by atoms with Crippen LogP contribution in [0.5, 0.6) is 0 Å². The predicted octanol–water partition coefficient (Wildman–Crippen LogP) is -1.71. The monoisotopic (exact) mass is 269 g/mol. The average Bonchev–Trinajstić information content (AvgIpc) is 2.42. The van der Waals surface area contributed by atoms with Crippen LogP contribution >= 0.6 is 0 Å². The van der Waals surface area contributed by atoms with Crippen LogP contribution in [-0.4, -0.2) is 77.5 Å². The highest BCUT2D eigenvalue weighted by molar-refractivity contribution is 5.26. The van der Waals surface area contributed by atoms with Crippen molar-refractivity contribution in [3.05, 3.63) is 0 Å². The molecule has 19 heavy (non-hydrogen) atoms. The molecule has 7 heteroatoms. The highest BCUT2D eigenvalue weighted by Gasteiger charge is 2.07. The van der Waals surface area contributed by atoms with E-state index >= 15 is 0 Å². The number of aliphatic imine (C=N–C) groups is 3. The van der Waals surface area contributed by atoms with Crippen molar-refractivity contribution in [2.45, 2.75) is 18.1 Å². The third-order valence-electron chi connectivity index (χ3n) is 2.70. The summed E-state index contributed by atoms with van der Waals surface area (Å²) in [7, 11) is 0. The van der Waals surface area contributed by atoms with E-state index in [4.69, 9.17) is 11.5 Å². The van der Waals surface area contributed by atoms with Crippen LogP contribution in [0.15, 0.2) is 15.0 Å². The van der Waals surface area contributed by atoms with E-state index in [2.05, 4.69) is 45.8 Å². The molecule has 0 aliphatic rings. The van der Waals surface area contributed by atoms with Gasteiger partial charge in [-0.2, -0.15) is 0 Å². The number of rotatable bonds is 13. The topological polar surface area (TPSA) is 113 Å². The molecule has 0 aromatic rings. The van der Waals surface area contributed by atoms with Gasteiger partial charge in [0.25, 0.3) is 0 Å². The minimum Gasteiger partial charge on any atom is -0.328 e. The largest absolute Gasteiger partial charge is 0.328 e. The fourth-order valence-corrected chi connectivity index (χ4v) is 1.50. The lowest BCUT2D eigenvalue weighted by molar-refractivity contribution is 0.494. The van der Waals surface area contributed by atoms with Gasteiger partial charge in [-0.1, -0.05) is 0 Å². The second-order valence-electron chi connectivity index (χ2n) is 4.39. The van der Waals surface area contributed by atoms with Crippen LogP contribution in [0.4, 0.5) is 0 Å². The van der Waals surface area contributed by atoms with E-state index in [1.165, 1.54) is 0 Å². The highest BCUT2D eigenvalue weighted by atomic mass is 15.0. The van der Waals surface area contributed by atoms with Crippen LogP contribution in [0, 0.1) is 0 Å². The molecular formula is C12H27N7. The van der Waals surface area contributed by atoms with Crippen molar-refractivity contribution in [1.82, 2.24) is 10.6 Å². The second kappa shape index (κ2) is 11.9. The molecule has 0 bridgehead atoms. The van der Waals surface area contributed by atoms with Crippen molar-refractivity contribution in [2.24, 2.45) is 26.4 Å². The molecule has 0 aliphatic carbocycles. The van der Waals surface area contributed by atoms with Crippen LogP contribution < -0.4 is 22.1 Å². The quantitative estimate of drug-likeness (QED) is 0.298. The molecule has 0 amide bonds. The Morgan fingerprint density at radius 3 is 1.84 bits per heavy atom. The van der Waals surface area contributed by atoms with E-state index in [0.29, 0.717) is 39.3 Å². The number of hydrogen-bond acceptors (Lipinski definition) is 7. The Morgan fingerprint density at radius 1 is 0.895 bits per heavy atom. The van der Waals surface area contributed by atoms with Crippen molar-refractivity contribution in [3.63, 3.8) is 0 Å². The molecule has 7 nitrogen and oxygen atoms in total. The molecule has 0 heterocycles. The van der Waals surface area contributed by atoms with Gasteiger partial charge in [0.2, 0.25) is 0 Å². The Labute approximate surface area is 115 Å². The number of nitrogens with one attached hydrogen (secondary N) is 2. The molecule has 6 N–H and O–H groups in total. The molecule has 0 saturated carbocycles. The zero-order chi connectivity index (χ0) is 14.5. The standard InChI is InChI=1S/C12H27N7/c1-15-7-12(17-3)9-19-6-10(14)5-18-8-11(4-13)16-2/h10-12,18-19H,1-9,13-14H2. The first-order chi connectivity index (χ1) is 9.17. The van der Waals surface area contributed by atoms with Crippen molar-refractivity contribution >= 4 is 20.2 Å². The van der Waals surface area contributed by atoms with Crippen molar-refractivity contribution < 1.29 is 0 Å². The first-order valence-electron chi connectivity index (χ1n) is 6.39. The van der Waals surface area contributed by atoms with Crippen molar-refractivity contribution in [2.75, 3.05) is 39.3 Å². The molecule has 0 aliphatic heterocycles. The Kier molecular flexibility index (Phi) is 11.2. The van der Waals surface area contributed by atoms with E-state index in [1.807, 2.05) is 0 Å². The van der Waals surface area contributed by atoms with E-state index in [0.717, 1.165) is 0 Å². The molecule has 0 aromatic heterocycles. The Morgan fingerprint density at radius 2 is 1.42 bits per heavy atom. The van der Waals surface area contributed by atoms with Gasteiger partial charge in [0.1, 0.15) is 0 Å². The number of nitrogens with zero attached hydrogens (tertiary/aromatic N) is 3. The number of nitrogens with two attached hydrogens (primary N) is 2. The van der Waals surface area contributed by atoms with E-state index in [-0.39, 0.29) is 18.1 Å². The van der Waals surface area contributed by atoms with Gasteiger partial charge in [-0.15, -0.1) is 0 Å². The van der Waals surface area contributed by atoms with Crippen LogP contribution in [-0.2, 0) is 0 Å². The Hall–Kier alpha value is -1.15. The molecular weight excluding hydrogens is 242 g/mol. The Balaban J connectivity index is 3.63. The Bertz CT molecular complexity index is 256. The zero-order valence-corrected chi connectivity index (χ0v) is 11.6. The van der Waals surface area contributed by atoms with Gasteiger partial charge in [-0.25, -0.2) is 0 Å². The first-order valence-corrected chi connectivity index (χ1v) is 6.39. The second-order valence-corrected chi connectivity index (χ2v) is 4.39. The molecule has 3 atom stereocenters. The predicted molar refractivity (Wildman–Crippen MR) is 83.9 cm³/mol.